The molecule has 3 rings (SSSR count). The second-order valence-electron chi connectivity index (χ2n) is 7.69. The van der Waals surface area contributed by atoms with Gasteiger partial charge in [-0.15, -0.1) is 0 Å². The number of hydrogen-bond acceptors (Lipinski definition) is 5. The first kappa shape index (κ1) is 26.3. The quantitative estimate of drug-likeness (QED) is 0.226. The minimum atomic E-state index is -6.23. The summed E-state index contributed by atoms with van der Waals surface area (Å²) in [6, 6.07) is 29.5. The van der Waals surface area contributed by atoms with Gasteiger partial charge in [-0.05, 0) is 0 Å². The van der Waals surface area contributed by atoms with E-state index in [1.807, 2.05) is 91.0 Å². The molecule has 0 aliphatic carbocycles. The molecular weight excluding hydrogens is 508 g/mol. The van der Waals surface area contributed by atoms with Crippen LogP contribution in [0.1, 0.15) is 12.8 Å². The molecule has 0 saturated carbocycles. The second-order valence-corrected chi connectivity index (χ2v) is 15.2. The first-order valence-electron chi connectivity index (χ1n) is 10.4. The Kier molecular flexibility index (Phi) is 8.18. The zero-order chi connectivity index (χ0) is 24.9. The van der Waals surface area contributed by atoms with E-state index in [9.17, 15) is 30.0 Å². The number of halogens is 3. The standard InChI is InChI=1S/C23H24F3O5PS2/c24-23(25,26)34(29,30)31-33(27,28)19-11-10-18-32(20-12-4-1-5-13-20,21-14-6-2-7-15-21)22-16-8-3-9-17-22/h1-9,12-17,32H,10-11,18-19H2. The van der Waals surface area contributed by atoms with Crippen LogP contribution in [-0.4, -0.2) is 34.3 Å². The Balaban J connectivity index is 1.89. The number of alkyl halides is 3. The van der Waals surface area contributed by atoms with Crippen LogP contribution in [0.5, 0.6) is 0 Å². The summed E-state index contributed by atoms with van der Waals surface area (Å²) in [4.78, 5) is 0. The van der Waals surface area contributed by atoms with Gasteiger partial charge in [-0.1, -0.05) is 0 Å². The first-order valence-corrected chi connectivity index (χ1v) is 15.6. The third kappa shape index (κ3) is 6.05. The Morgan fingerprint density at radius 3 is 1.38 bits per heavy atom. The molecule has 0 fully saturated rings. The van der Waals surface area contributed by atoms with Crippen LogP contribution < -0.4 is 15.9 Å². The third-order valence-corrected chi connectivity index (χ3v) is 13.4. The molecule has 0 aromatic heterocycles. The van der Waals surface area contributed by atoms with Crippen molar-refractivity contribution in [2.24, 2.45) is 0 Å². The van der Waals surface area contributed by atoms with Crippen molar-refractivity contribution in [2.45, 2.75) is 18.3 Å². The van der Waals surface area contributed by atoms with Crippen molar-refractivity contribution in [3.63, 3.8) is 0 Å². The molecule has 34 heavy (non-hydrogen) atoms. The molecule has 5 nitrogen and oxygen atoms in total. The van der Waals surface area contributed by atoms with Crippen LogP contribution in [0, 0.1) is 0 Å². The Morgan fingerprint density at radius 1 is 0.647 bits per heavy atom. The molecule has 11 heteroatoms. The van der Waals surface area contributed by atoms with Gasteiger partial charge in [-0.2, -0.15) is 0 Å². The number of hydrogen-bond donors (Lipinski definition) is 0. The summed E-state index contributed by atoms with van der Waals surface area (Å²) in [6.07, 6.45) is 0.836. The normalized spacial score (nSPS) is 13.5. The first-order chi connectivity index (χ1) is 16.0. The fourth-order valence-electron chi connectivity index (χ4n) is 3.98. The van der Waals surface area contributed by atoms with Gasteiger partial charge in [0.05, 0.1) is 0 Å². The van der Waals surface area contributed by atoms with E-state index in [-0.39, 0.29) is 6.42 Å². The van der Waals surface area contributed by atoms with Crippen LogP contribution in [0.15, 0.2) is 91.0 Å². The van der Waals surface area contributed by atoms with Gasteiger partial charge in [0.2, 0.25) is 0 Å². The topological polar surface area (TPSA) is 77.5 Å². The summed E-state index contributed by atoms with van der Waals surface area (Å²) in [5.74, 6) is -0.842. The molecule has 0 atom stereocenters. The number of rotatable bonds is 10. The van der Waals surface area contributed by atoms with E-state index in [0.717, 1.165) is 15.9 Å². The monoisotopic (exact) mass is 532 g/mol. The SMILES string of the molecule is O=S(=O)(CCCC[PH](c1ccccc1)(c1ccccc1)c1ccccc1)OS(=O)(=O)C(F)(F)F. The summed E-state index contributed by atoms with van der Waals surface area (Å²) in [6.45, 7) is 0. The van der Waals surface area contributed by atoms with Gasteiger partial charge in [0, 0.05) is 0 Å². The van der Waals surface area contributed by atoms with Gasteiger partial charge in [-0.3, -0.25) is 0 Å². The van der Waals surface area contributed by atoms with Crippen LogP contribution in [0.25, 0.3) is 0 Å². The Labute approximate surface area is 198 Å². The Morgan fingerprint density at radius 2 is 1.03 bits per heavy atom. The molecule has 0 spiro atoms. The maximum absolute atomic E-state index is 12.5. The van der Waals surface area contributed by atoms with E-state index in [1.54, 1.807) is 0 Å². The molecular formula is C23H24F3O5PS2. The molecule has 3 aromatic rings. The van der Waals surface area contributed by atoms with E-state index in [2.05, 4.69) is 3.63 Å². The predicted molar refractivity (Wildman–Crippen MR) is 130 cm³/mol. The van der Waals surface area contributed by atoms with E-state index >= 15 is 0 Å². The van der Waals surface area contributed by atoms with Crippen molar-refractivity contribution in [2.75, 3.05) is 11.9 Å². The molecule has 0 radical (unpaired) electrons. The third-order valence-electron chi connectivity index (χ3n) is 5.47. The van der Waals surface area contributed by atoms with Crippen LogP contribution in [0.3, 0.4) is 0 Å². The van der Waals surface area contributed by atoms with E-state index in [1.165, 1.54) is 0 Å². The van der Waals surface area contributed by atoms with Gasteiger partial charge in [-0.25, -0.2) is 0 Å². The molecule has 3 aromatic carbocycles. The molecule has 0 unspecified atom stereocenters. The average Bonchev–Trinajstić information content (AvgIpc) is 2.80. The summed E-state index contributed by atoms with van der Waals surface area (Å²) in [5, 5.41) is 3.31. The van der Waals surface area contributed by atoms with Crippen molar-refractivity contribution in [3.8, 4) is 0 Å². The number of benzene rings is 3. The van der Waals surface area contributed by atoms with E-state index < -0.39 is 38.8 Å². The fraction of sp³-hybridized carbons (Fsp3) is 0.217. The van der Waals surface area contributed by atoms with Crippen molar-refractivity contribution in [1.29, 1.82) is 0 Å². The second kappa shape index (κ2) is 10.6. The predicted octanol–water partition coefficient (Wildman–Crippen LogP) is 3.69. The van der Waals surface area contributed by atoms with Gasteiger partial charge in [0.15, 0.2) is 0 Å². The van der Waals surface area contributed by atoms with E-state index in [0.29, 0.717) is 12.6 Å². The maximum atomic E-state index is 12.5. The van der Waals surface area contributed by atoms with Gasteiger partial charge >= 0.3 is 198 Å². The zero-order valence-electron chi connectivity index (χ0n) is 18.0. The zero-order valence-corrected chi connectivity index (χ0v) is 20.6. The van der Waals surface area contributed by atoms with Crippen molar-refractivity contribution in [1.82, 2.24) is 0 Å². The van der Waals surface area contributed by atoms with Crippen LogP contribution in [0.2, 0.25) is 0 Å². The molecule has 184 valence electrons. The van der Waals surface area contributed by atoms with Crippen LogP contribution in [-0.2, 0) is 23.9 Å². The molecule has 0 amide bonds. The fourth-order valence-corrected chi connectivity index (χ4v) is 11.1. The Hall–Kier alpha value is -2.26. The van der Waals surface area contributed by atoms with Crippen molar-refractivity contribution < 1.29 is 33.6 Å². The van der Waals surface area contributed by atoms with Crippen LogP contribution >= 0.6 is 7.26 Å². The van der Waals surface area contributed by atoms with Crippen LogP contribution in [0.4, 0.5) is 13.2 Å². The van der Waals surface area contributed by atoms with Crippen molar-refractivity contribution in [3.05, 3.63) is 91.0 Å². The summed E-state index contributed by atoms with van der Waals surface area (Å²) in [7, 11) is -13.8. The number of unbranched alkanes of at least 4 members (excludes halogenated alkanes) is 1. The molecule has 0 aliphatic rings. The molecule has 0 aliphatic heterocycles. The van der Waals surface area contributed by atoms with Gasteiger partial charge in [0.1, 0.15) is 0 Å². The van der Waals surface area contributed by atoms with Crippen molar-refractivity contribution >= 4 is 43.4 Å². The van der Waals surface area contributed by atoms with E-state index in [4.69, 9.17) is 0 Å². The molecule has 0 bridgehead atoms. The molecule has 0 N–H and O–H groups in total. The Bertz CT molecular complexity index is 1190. The summed E-state index contributed by atoms with van der Waals surface area (Å²) in [5.41, 5.74) is -5.81. The molecule has 0 saturated heterocycles. The summed E-state index contributed by atoms with van der Waals surface area (Å²) >= 11 is 0. The minimum absolute atomic E-state index is 0.0586. The van der Waals surface area contributed by atoms with Gasteiger partial charge in [0.25, 0.3) is 0 Å². The molecule has 0 heterocycles. The average molecular weight is 533 g/mol. The summed E-state index contributed by atoms with van der Waals surface area (Å²) < 4.78 is 87.1. The van der Waals surface area contributed by atoms with Gasteiger partial charge < -0.3 is 0 Å².